The van der Waals surface area contributed by atoms with Gasteiger partial charge in [-0.3, -0.25) is 10.1 Å². The summed E-state index contributed by atoms with van der Waals surface area (Å²) < 4.78 is 1.53. The summed E-state index contributed by atoms with van der Waals surface area (Å²) in [5.41, 5.74) is 2.25. The van der Waals surface area contributed by atoms with Crippen LogP contribution in [-0.2, 0) is 0 Å². The van der Waals surface area contributed by atoms with Gasteiger partial charge in [0.2, 0.25) is 0 Å². The monoisotopic (exact) mass is 345 g/mol. The maximum Gasteiger partial charge on any atom is 0.294 e. The largest absolute Gasteiger partial charge is 0.507 e. The van der Waals surface area contributed by atoms with Crippen LogP contribution in [0.1, 0.15) is 5.69 Å². The van der Waals surface area contributed by atoms with Crippen LogP contribution in [0.2, 0.25) is 0 Å². The van der Waals surface area contributed by atoms with E-state index < -0.39 is 4.92 Å². The van der Waals surface area contributed by atoms with Crippen molar-refractivity contribution in [3.8, 4) is 22.7 Å². The molecule has 6 heteroatoms. The number of aromatic nitrogens is 2. The molecule has 0 bridgehead atoms. The van der Waals surface area contributed by atoms with Crippen LogP contribution >= 0.6 is 0 Å². The number of nitro benzene ring substituents is 1. The number of aryl methyl sites for hydroxylation is 1. The predicted molar refractivity (Wildman–Crippen MR) is 99.6 cm³/mol. The molecule has 1 heterocycles. The Morgan fingerprint density at radius 3 is 2.58 bits per heavy atom. The average Bonchev–Trinajstić information content (AvgIpc) is 3.03. The second-order valence-electron chi connectivity index (χ2n) is 6.01. The zero-order valence-corrected chi connectivity index (χ0v) is 14.0. The molecule has 1 N–H and O–H groups in total. The maximum atomic E-state index is 11.3. The van der Waals surface area contributed by atoms with Crippen molar-refractivity contribution in [3.05, 3.63) is 82.5 Å². The Balaban J connectivity index is 1.89. The summed E-state index contributed by atoms with van der Waals surface area (Å²) in [5.74, 6) is 0.148. The fraction of sp³-hybridized carbons (Fsp3) is 0.0500. The number of hydrogen-bond acceptors (Lipinski definition) is 4. The Morgan fingerprint density at radius 1 is 1.04 bits per heavy atom. The number of nitro groups is 1. The highest BCUT2D eigenvalue weighted by Crippen LogP contribution is 2.36. The van der Waals surface area contributed by atoms with Crippen molar-refractivity contribution in [2.75, 3.05) is 0 Å². The first-order chi connectivity index (χ1) is 12.6. The minimum absolute atomic E-state index is 0.0204. The lowest BCUT2D eigenvalue weighted by Gasteiger charge is -2.06. The van der Waals surface area contributed by atoms with E-state index in [0.29, 0.717) is 16.9 Å². The molecule has 0 radical (unpaired) electrons. The second-order valence-corrected chi connectivity index (χ2v) is 6.01. The number of rotatable bonds is 3. The summed E-state index contributed by atoms with van der Waals surface area (Å²) in [4.78, 5) is 10.9. The smallest absolute Gasteiger partial charge is 0.294 e. The molecule has 26 heavy (non-hydrogen) atoms. The van der Waals surface area contributed by atoms with E-state index in [1.807, 2.05) is 43.3 Å². The Hall–Kier alpha value is -3.67. The van der Waals surface area contributed by atoms with E-state index in [9.17, 15) is 15.2 Å². The average molecular weight is 345 g/mol. The molecule has 128 valence electrons. The molecular weight excluding hydrogens is 330 g/mol. The standard InChI is InChI=1S/C20H15N3O3/c1-13-12-17(16-11-10-14-6-2-3-7-15(14)20(16)24)21-22(13)18-8-4-5-9-19(18)23(25)26/h2-12,24H,1H3. The molecule has 0 aliphatic carbocycles. The van der Waals surface area contributed by atoms with Crippen molar-refractivity contribution >= 4 is 16.5 Å². The Bertz CT molecular complexity index is 1150. The Morgan fingerprint density at radius 2 is 1.77 bits per heavy atom. The number of aromatic hydroxyl groups is 1. The van der Waals surface area contributed by atoms with E-state index in [4.69, 9.17) is 0 Å². The molecule has 0 amide bonds. The summed E-state index contributed by atoms with van der Waals surface area (Å²) >= 11 is 0. The summed E-state index contributed by atoms with van der Waals surface area (Å²) in [6, 6.07) is 19.5. The van der Waals surface area contributed by atoms with Crippen LogP contribution in [0.3, 0.4) is 0 Å². The summed E-state index contributed by atoms with van der Waals surface area (Å²) in [6.07, 6.45) is 0. The highest BCUT2D eigenvalue weighted by atomic mass is 16.6. The quantitative estimate of drug-likeness (QED) is 0.434. The van der Waals surface area contributed by atoms with Crippen LogP contribution < -0.4 is 0 Å². The Kier molecular flexibility index (Phi) is 3.65. The van der Waals surface area contributed by atoms with E-state index in [0.717, 1.165) is 16.5 Å². The van der Waals surface area contributed by atoms with Crippen molar-refractivity contribution in [2.45, 2.75) is 6.92 Å². The van der Waals surface area contributed by atoms with E-state index in [1.54, 1.807) is 24.3 Å². The highest BCUT2D eigenvalue weighted by molar-refractivity contribution is 5.94. The van der Waals surface area contributed by atoms with Crippen molar-refractivity contribution < 1.29 is 10.0 Å². The van der Waals surface area contributed by atoms with Crippen LogP contribution in [-0.4, -0.2) is 19.8 Å². The summed E-state index contributed by atoms with van der Waals surface area (Å²) in [6.45, 7) is 1.82. The minimum Gasteiger partial charge on any atom is -0.507 e. The summed E-state index contributed by atoms with van der Waals surface area (Å²) in [5, 5.41) is 28.2. The van der Waals surface area contributed by atoms with Gasteiger partial charge in [-0.05, 0) is 30.5 Å². The summed E-state index contributed by atoms with van der Waals surface area (Å²) in [7, 11) is 0. The van der Waals surface area contributed by atoms with Crippen LogP contribution in [0.15, 0.2) is 66.7 Å². The van der Waals surface area contributed by atoms with Crippen molar-refractivity contribution in [3.63, 3.8) is 0 Å². The van der Waals surface area contributed by atoms with Crippen molar-refractivity contribution in [1.82, 2.24) is 9.78 Å². The molecule has 0 aliphatic heterocycles. The van der Waals surface area contributed by atoms with Crippen LogP contribution in [0, 0.1) is 17.0 Å². The molecule has 4 aromatic rings. The lowest BCUT2D eigenvalue weighted by molar-refractivity contribution is -0.384. The number of nitrogens with zero attached hydrogens (tertiary/aromatic N) is 3. The third-order valence-electron chi connectivity index (χ3n) is 4.37. The number of para-hydroxylation sites is 2. The van der Waals surface area contributed by atoms with Crippen LogP contribution in [0.5, 0.6) is 5.75 Å². The molecule has 0 spiro atoms. The lowest BCUT2D eigenvalue weighted by Crippen LogP contribution is -2.03. The predicted octanol–water partition coefficient (Wildman–Crippen LogP) is 4.61. The topological polar surface area (TPSA) is 81.2 Å². The maximum absolute atomic E-state index is 11.3. The van der Waals surface area contributed by atoms with Gasteiger partial charge in [-0.2, -0.15) is 5.10 Å². The van der Waals surface area contributed by atoms with Gasteiger partial charge in [0.1, 0.15) is 11.4 Å². The van der Waals surface area contributed by atoms with Gasteiger partial charge in [0.05, 0.1) is 10.6 Å². The first-order valence-electron chi connectivity index (χ1n) is 8.08. The van der Waals surface area contributed by atoms with Gasteiger partial charge < -0.3 is 5.11 Å². The number of fused-ring (bicyclic) bond motifs is 1. The third-order valence-corrected chi connectivity index (χ3v) is 4.37. The SMILES string of the molecule is Cc1cc(-c2ccc3ccccc3c2O)nn1-c1ccccc1[N+](=O)[O-]. The molecule has 1 aromatic heterocycles. The molecule has 3 aromatic carbocycles. The molecule has 0 unspecified atom stereocenters. The molecule has 6 nitrogen and oxygen atoms in total. The molecule has 0 fully saturated rings. The molecule has 0 saturated heterocycles. The fourth-order valence-electron chi connectivity index (χ4n) is 3.11. The fourth-order valence-corrected chi connectivity index (χ4v) is 3.11. The van der Waals surface area contributed by atoms with Gasteiger partial charge >= 0.3 is 0 Å². The van der Waals surface area contributed by atoms with Crippen LogP contribution in [0.4, 0.5) is 5.69 Å². The number of hydrogen-bond donors (Lipinski definition) is 1. The first kappa shape index (κ1) is 15.8. The first-order valence-corrected chi connectivity index (χ1v) is 8.08. The van der Waals surface area contributed by atoms with Crippen LogP contribution in [0.25, 0.3) is 27.7 Å². The van der Waals surface area contributed by atoms with Gasteiger partial charge in [0.15, 0.2) is 0 Å². The third kappa shape index (κ3) is 2.48. The minimum atomic E-state index is -0.427. The van der Waals surface area contributed by atoms with Crippen molar-refractivity contribution in [1.29, 1.82) is 0 Å². The van der Waals surface area contributed by atoms with Gasteiger partial charge in [-0.25, -0.2) is 4.68 Å². The highest BCUT2D eigenvalue weighted by Gasteiger charge is 2.19. The van der Waals surface area contributed by atoms with Gasteiger partial charge in [-0.15, -0.1) is 0 Å². The zero-order chi connectivity index (χ0) is 18.3. The zero-order valence-electron chi connectivity index (χ0n) is 14.0. The molecule has 4 rings (SSSR count). The van der Waals surface area contributed by atoms with Gasteiger partial charge in [0.25, 0.3) is 5.69 Å². The van der Waals surface area contributed by atoms with Crippen molar-refractivity contribution in [2.24, 2.45) is 0 Å². The normalized spacial score (nSPS) is 11.0. The van der Waals surface area contributed by atoms with Gasteiger partial charge in [0, 0.05) is 22.7 Å². The second kappa shape index (κ2) is 6.00. The number of benzene rings is 3. The van der Waals surface area contributed by atoms with E-state index in [-0.39, 0.29) is 11.4 Å². The number of phenols is 1. The van der Waals surface area contributed by atoms with Gasteiger partial charge in [-0.1, -0.05) is 42.5 Å². The molecule has 0 saturated carbocycles. The van der Waals surface area contributed by atoms with E-state index in [1.165, 1.54) is 10.7 Å². The number of phenolic OH excluding ortho intramolecular Hbond substituents is 1. The molecule has 0 atom stereocenters. The van der Waals surface area contributed by atoms with E-state index in [2.05, 4.69) is 5.10 Å². The molecular formula is C20H15N3O3. The molecule has 0 aliphatic rings. The lowest BCUT2D eigenvalue weighted by atomic mass is 10.0. The van der Waals surface area contributed by atoms with E-state index >= 15 is 0 Å². The Labute approximate surface area is 149 Å².